The summed E-state index contributed by atoms with van der Waals surface area (Å²) in [6, 6.07) is 6.40. The van der Waals surface area contributed by atoms with Gasteiger partial charge in [0.25, 0.3) is 0 Å². The summed E-state index contributed by atoms with van der Waals surface area (Å²) in [6.45, 7) is 0. The lowest BCUT2D eigenvalue weighted by Crippen LogP contribution is -2.12. The van der Waals surface area contributed by atoms with Crippen LogP contribution in [-0.4, -0.2) is 5.75 Å². The van der Waals surface area contributed by atoms with Crippen LogP contribution in [0.25, 0.3) is 0 Å². The van der Waals surface area contributed by atoms with Crippen molar-refractivity contribution in [3.63, 3.8) is 0 Å². The first-order valence-corrected chi connectivity index (χ1v) is 8.40. The van der Waals surface area contributed by atoms with Gasteiger partial charge in [-0.05, 0) is 35.9 Å². The van der Waals surface area contributed by atoms with Crippen molar-refractivity contribution in [2.24, 2.45) is 5.73 Å². The van der Waals surface area contributed by atoms with Crippen molar-refractivity contribution in [1.29, 1.82) is 0 Å². The number of thiophene rings is 1. The van der Waals surface area contributed by atoms with E-state index in [0.29, 0.717) is 10.6 Å². The maximum absolute atomic E-state index is 13.9. The monoisotopic (exact) mass is 313 g/mol. The average molecular weight is 314 g/mol. The van der Waals surface area contributed by atoms with Gasteiger partial charge in [-0.2, -0.15) is 11.8 Å². The predicted octanol–water partition coefficient (Wildman–Crippen LogP) is 4.38. The fourth-order valence-corrected chi connectivity index (χ4v) is 4.79. The Bertz CT molecular complexity index is 588. The molecule has 0 bridgehead atoms. The van der Waals surface area contributed by atoms with E-state index in [0.717, 1.165) is 22.8 Å². The van der Waals surface area contributed by atoms with Gasteiger partial charge in [0.1, 0.15) is 5.82 Å². The Kier molecular flexibility index (Phi) is 3.85. The first kappa shape index (κ1) is 13.4. The molecular weight excluding hydrogens is 301 g/mol. The Balaban J connectivity index is 1.94. The van der Waals surface area contributed by atoms with E-state index in [2.05, 4.69) is 6.07 Å². The van der Waals surface area contributed by atoms with Crippen LogP contribution in [0.4, 0.5) is 4.39 Å². The summed E-state index contributed by atoms with van der Waals surface area (Å²) in [7, 11) is 0. The number of hydrogen-bond donors (Lipinski definition) is 1. The molecular formula is C14H13ClFNS2. The van der Waals surface area contributed by atoms with Crippen LogP contribution in [0.5, 0.6) is 0 Å². The van der Waals surface area contributed by atoms with Crippen molar-refractivity contribution in [1.82, 2.24) is 0 Å². The van der Waals surface area contributed by atoms with E-state index < -0.39 is 6.04 Å². The van der Waals surface area contributed by atoms with Gasteiger partial charge in [-0.15, -0.1) is 11.3 Å². The smallest absolute Gasteiger partial charge is 0.129 e. The lowest BCUT2D eigenvalue weighted by molar-refractivity contribution is 0.601. The van der Waals surface area contributed by atoms with E-state index in [-0.39, 0.29) is 5.82 Å². The quantitative estimate of drug-likeness (QED) is 0.890. The van der Waals surface area contributed by atoms with Crippen LogP contribution in [0.1, 0.15) is 26.9 Å². The fourth-order valence-electron chi connectivity index (χ4n) is 2.23. The van der Waals surface area contributed by atoms with Gasteiger partial charge in [0.2, 0.25) is 0 Å². The molecule has 0 fully saturated rings. The topological polar surface area (TPSA) is 26.0 Å². The molecule has 0 amide bonds. The normalized spacial score (nSPS) is 16.2. The summed E-state index contributed by atoms with van der Waals surface area (Å²) in [4.78, 5) is 2.44. The molecule has 0 aliphatic carbocycles. The second-order valence-electron chi connectivity index (χ2n) is 4.54. The molecule has 1 unspecified atom stereocenters. The Morgan fingerprint density at radius 3 is 2.89 bits per heavy atom. The molecule has 19 heavy (non-hydrogen) atoms. The second-order valence-corrected chi connectivity index (χ2v) is 7.25. The van der Waals surface area contributed by atoms with Gasteiger partial charge in [-0.25, -0.2) is 4.39 Å². The number of benzene rings is 1. The van der Waals surface area contributed by atoms with Crippen molar-refractivity contribution in [2.75, 3.05) is 5.75 Å². The van der Waals surface area contributed by atoms with Crippen LogP contribution >= 0.6 is 34.7 Å². The number of hydrogen-bond acceptors (Lipinski definition) is 3. The zero-order chi connectivity index (χ0) is 13.4. The summed E-state index contributed by atoms with van der Waals surface area (Å²) < 4.78 is 13.9. The standard InChI is InChI=1S/C14H13ClFNS2/c15-9-1-2-10(11(16)6-9)14(17)13-5-8-7-18-4-3-12(8)19-13/h1-2,5-6,14H,3-4,7,17H2. The third-order valence-corrected chi connectivity index (χ3v) is 5.81. The van der Waals surface area contributed by atoms with Gasteiger partial charge in [0, 0.05) is 26.1 Å². The summed E-state index contributed by atoms with van der Waals surface area (Å²) in [5.41, 5.74) is 8.07. The molecule has 1 aromatic heterocycles. The minimum atomic E-state index is -0.405. The summed E-state index contributed by atoms with van der Waals surface area (Å²) in [5.74, 6) is 1.87. The highest BCUT2D eigenvalue weighted by Crippen LogP contribution is 2.36. The molecule has 0 radical (unpaired) electrons. The van der Waals surface area contributed by atoms with Crippen molar-refractivity contribution in [3.8, 4) is 0 Å². The zero-order valence-electron chi connectivity index (χ0n) is 10.2. The Morgan fingerprint density at radius 1 is 1.32 bits per heavy atom. The van der Waals surface area contributed by atoms with E-state index in [1.807, 2.05) is 11.8 Å². The van der Waals surface area contributed by atoms with Gasteiger partial charge >= 0.3 is 0 Å². The van der Waals surface area contributed by atoms with Crippen LogP contribution in [0.15, 0.2) is 24.3 Å². The lowest BCUT2D eigenvalue weighted by Gasteiger charge is -2.11. The van der Waals surface area contributed by atoms with Gasteiger partial charge in [-0.1, -0.05) is 17.7 Å². The van der Waals surface area contributed by atoms with E-state index >= 15 is 0 Å². The minimum absolute atomic E-state index is 0.333. The highest BCUT2D eigenvalue weighted by atomic mass is 35.5. The van der Waals surface area contributed by atoms with E-state index in [1.54, 1.807) is 23.5 Å². The predicted molar refractivity (Wildman–Crippen MR) is 81.6 cm³/mol. The van der Waals surface area contributed by atoms with Crippen molar-refractivity contribution < 1.29 is 4.39 Å². The van der Waals surface area contributed by atoms with E-state index in [4.69, 9.17) is 17.3 Å². The molecule has 1 aliphatic rings. The third-order valence-electron chi connectivity index (χ3n) is 3.25. The van der Waals surface area contributed by atoms with Crippen LogP contribution in [-0.2, 0) is 12.2 Å². The molecule has 0 spiro atoms. The highest BCUT2D eigenvalue weighted by Gasteiger charge is 2.20. The molecule has 2 heterocycles. The Hall–Kier alpha value is -0.550. The minimum Gasteiger partial charge on any atom is -0.320 e. The molecule has 2 N–H and O–H groups in total. The van der Waals surface area contributed by atoms with Gasteiger partial charge in [-0.3, -0.25) is 0 Å². The van der Waals surface area contributed by atoms with Crippen LogP contribution in [0.3, 0.4) is 0 Å². The molecule has 1 aliphatic heterocycles. The van der Waals surface area contributed by atoms with Crippen LogP contribution in [0.2, 0.25) is 5.02 Å². The van der Waals surface area contributed by atoms with E-state index in [1.165, 1.54) is 16.5 Å². The maximum atomic E-state index is 13.9. The first-order chi connectivity index (χ1) is 9.15. The van der Waals surface area contributed by atoms with Crippen molar-refractivity contribution >= 4 is 34.7 Å². The number of rotatable bonds is 2. The summed E-state index contributed by atoms with van der Waals surface area (Å²) >= 11 is 9.42. The molecule has 0 saturated carbocycles. The molecule has 1 aromatic carbocycles. The molecule has 5 heteroatoms. The molecule has 100 valence electrons. The number of fused-ring (bicyclic) bond motifs is 1. The largest absolute Gasteiger partial charge is 0.320 e. The lowest BCUT2D eigenvalue weighted by atomic mass is 10.0. The Labute approximate surface area is 125 Å². The van der Waals surface area contributed by atoms with Crippen LogP contribution < -0.4 is 5.73 Å². The number of halogens is 2. The van der Waals surface area contributed by atoms with Crippen molar-refractivity contribution in [2.45, 2.75) is 18.2 Å². The average Bonchev–Trinajstić information content (AvgIpc) is 2.81. The molecule has 3 rings (SSSR count). The third kappa shape index (κ3) is 2.68. The highest BCUT2D eigenvalue weighted by molar-refractivity contribution is 7.98. The van der Waals surface area contributed by atoms with E-state index in [9.17, 15) is 4.39 Å². The molecule has 1 atom stereocenters. The molecule has 1 nitrogen and oxygen atoms in total. The van der Waals surface area contributed by atoms with Gasteiger partial charge in [0.15, 0.2) is 0 Å². The Morgan fingerprint density at radius 2 is 2.16 bits per heavy atom. The van der Waals surface area contributed by atoms with Crippen LogP contribution in [0, 0.1) is 5.82 Å². The molecule has 2 aromatic rings. The van der Waals surface area contributed by atoms with Gasteiger partial charge < -0.3 is 5.73 Å². The molecule has 0 saturated heterocycles. The van der Waals surface area contributed by atoms with Crippen molar-refractivity contribution in [3.05, 3.63) is 56.0 Å². The SMILES string of the molecule is NC(c1cc2c(s1)CCSC2)c1ccc(Cl)cc1F. The maximum Gasteiger partial charge on any atom is 0.129 e. The second kappa shape index (κ2) is 5.44. The zero-order valence-corrected chi connectivity index (χ0v) is 12.5. The van der Waals surface area contributed by atoms with Gasteiger partial charge in [0.05, 0.1) is 6.04 Å². The number of nitrogens with two attached hydrogens (primary N) is 1. The fraction of sp³-hybridized carbons (Fsp3) is 0.286. The first-order valence-electron chi connectivity index (χ1n) is 6.05. The summed E-state index contributed by atoms with van der Waals surface area (Å²) in [5, 5.41) is 0.398. The number of thioether (sulfide) groups is 1. The number of aryl methyl sites for hydroxylation is 1. The summed E-state index contributed by atoms with van der Waals surface area (Å²) in [6.07, 6.45) is 1.10.